The highest BCUT2D eigenvalue weighted by molar-refractivity contribution is 7.09. The quantitative estimate of drug-likeness (QED) is 0.654. The van der Waals surface area contributed by atoms with E-state index in [2.05, 4.69) is 23.7 Å². The molecule has 0 saturated heterocycles. The van der Waals surface area contributed by atoms with Crippen molar-refractivity contribution in [3.63, 3.8) is 0 Å². The first-order chi connectivity index (χ1) is 8.65. The van der Waals surface area contributed by atoms with Gasteiger partial charge >= 0.3 is 0 Å². The monoisotopic (exact) mass is 290 g/mol. The molecule has 1 aromatic heterocycles. The molecule has 0 aliphatic heterocycles. The smallest absolute Gasteiger partial charge is 0.0941 e. The Balaban J connectivity index is 2.39. The van der Waals surface area contributed by atoms with Crippen LogP contribution in [-0.2, 0) is 17.0 Å². The third-order valence-electron chi connectivity index (χ3n) is 2.61. The van der Waals surface area contributed by atoms with Gasteiger partial charge in [0.1, 0.15) is 0 Å². The van der Waals surface area contributed by atoms with Crippen molar-refractivity contribution in [2.45, 2.75) is 26.1 Å². The molecule has 3 nitrogen and oxygen atoms in total. The van der Waals surface area contributed by atoms with Gasteiger partial charge in [0.05, 0.1) is 23.2 Å². The van der Waals surface area contributed by atoms with Gasteiger partial charge in [-0.25, -0.2) is 4.98 Å². The van der Waals surface area contributed by atoms with Crippen LogP contribution in [0.25, 0.3) is 0 Å². The van der Waals surface area contributed by atoms with Gasteiger partial charge in [0.25, 0.3) is 0 Å². The van der Waals surface area contributed by atoms with Gasteiger partial charge in [0, 0.05) is 38.5 Å². The van der Waals surface area contributed by atoms with E-state index in [-0.39, 0.29) is 0 Å². The second-order valence-electron chi connectivity index (χ2n) is 4.80. The average molecular weight is 291 g/mol. The molecule has 1 aromatic rings. The van der Waals surface area contributed by atoms with Crippen LogP contribution < -0.4 is 0 Å². The molecule has 0 radical (unpaired) electrons. The van der Waals surface area contributed by atoms with E-state index < -0.39 is 0 Å². The van der Waals surface area contributed by atoms with E-state index in [9.17, 15) is 0 Å². The molecule has 0 bridgehead atoms. The first-order valence-corrected chi connectivity index (χ1v) is 7.77. The standard InChI is InChI=1S/C13H23ClN2OS/c1-11(2)9-16(6-7-17-3)5-4-13-15-12(8-14)10-18-13/h10-11H,4-9H2,1-3H3. The summed E-state index contributed by atoms with van der Waals surface area (Å²) in [7, 11) is 1.75. The van der Waals surface area contributed by atoms with E-state index in [0.29, 0.717) is 11.8 Å². The first kappa shape index (κ1) is 15.9. The molecule has 0 atom stereocenters. The summed E-state index contributed by atoms with van der Waals surface area (Å²) in [5, 5.41) is 3.22. The number of halogens is 1. The minimum Gasteiger partial charge on any atom is -0.383 e. The van der Waals surface area contributed by atoms with Crippen LogP contribution in [0.3, 0.4) is 0 Å². The SMILES string of the molecule is COCCN(CCc1nc(CCl)cs1)CC(C)C. The van der Waals surface area contributed by atoms with Gasteiger partial charge in [-0.1, -0.05) is 13.8 Å². The number of alkyl halides is 1. The Labute approximate surface area is 119 Å². The predicted octanol–water partition coefficient (Wildman–Crippen LogP) is 3.03. The average Bonchev–Trinajstić information content (AvgIpc) is 2.80. The number of aromatic nitrogens is 1. The van der Waals surface area contributed by atoms with Crippen LogP contribution in [-0.4, -0.2) is 43.2 Å². The zero-order valence-electron chi connectivity index (χ0n) is 11.5. The largest absolute Gasteiger partial charge is 0.383 e. The van der Waals surface area contributed by atoms with Crippen molar-refractivity contribution in [2.24, 2.45) is 5.92 Å². The molecule has 0 saturated carbocycles. The molecular formula is C13H23ClN2OS. The number of rotatable bonds is 9. The minimum absolute atomic E-state index is 0.510. The molecule has 0 unspecified atom stereocenters. The van der Waals surface area contributed by atoms with Gasteiger partial charge in [-0.2, -0.15) is 0 Å². The Bertz CT molecular complexity index is 331. The van der Waals surface area contributed by atoms with Gasteiger partial charge in [-0.05, 0) is 5.92 Å². The maximum Gasteiger partial charge on any atom is 0.0941 e. The summed E-state index contributed by atoms with van der Waals surface area (Å²) in [6.45, 7) is 8.41. The highest BCUT2D eigenvalue weighted by Gasteiger charge is 2.09. The maximum atomic E-state index is 5.76. The Morgan fingerprint density at radius 3 is 2.78 bits per heavy atom. The van der Waals surface area contributed by atoms with Crippen LogP contribution in [0.2, 0.25) is 0 Å². The topological polar surface area (TPSA) is 25.4 Å². The van der Waals surface area contributed by atoms with Crippen molar-refractivity contribution in [1.82, 2.24) is 9.88 Å². The van der Waals surface area contributed by atoms with Gasteiger partial charge in [-0.3, -0.25) is 0 Å². The third kappa shape index (κ3) is 6.14. The lowest BCUT2D eigenvalue weighted by Crippen LogP contribution is -2.32. The van der Waals surface area contributed by atoms with Crippen molar-refractivity contribution in [2.75, 3.05) is 33.4 Å². The Hall–Kier alpha value is -0.160. The first-order valence-electron chi connectivity index (χ1n) is 6.36. The van der Waals surface area contributed by atoms with Crippen LogP contribution in [0.4, 0.5) is 0 Å². The highest BCUT2D eigenvalue weighted by Crippen LogP contribution is 2.13. The molecule has 0 N–H and O–H groups in total. The van der Waals surface area contributed by atoms with Crippen molar-refractivity contribution in [3.8, 4) is 0 Å². The molecule has 0 aliphatic rings. The van der Waals surface area contributed by atoms with Gasteiger partial charge in [0.2, 0.25) is 0 Å². The Morgan fingerprint density at radius 2 is 2.22 bits per heavy atom. The minimum atomic E-state index is 0.510. The summed E-state index contributed by atoms with van der Waals surface area (Å²) in [5.41, 5.74) is 0.990. The zero-order chi connectivity index (χ0) is 13.4. The van der Waals surface area contributed by atoms with E-state index in [0.717, 1.165) is 38.4 Å². The molecule has 0 aliphatic carbocycles. The molecule has 18 heavy (non-hydrogen) atoms. The molecule has 5 heteroatoms. The van der Waals surface area contributed by atoms with Crippen LogP contribution in [0, 0.1) is 5.92 Å². The number of nitrogens with zero attached hydrogens (tertiary/aromatic N) is 2. The van der Waals surface area contributed by atoms with Crippen LogP contribution >= 0.6 is 22.9 Å². The lowest BCUT2D eigenvalue weighted by molar-refractivity contribution is 0.141. The summed E-state index contributed by atoms with van der Waals surface area (Å²) >= 11 is 7.46. The number of hydrogen-bond donors (Lipinski definition) is 0. The Kier molecular flexibility index (Phi) is 7.82. The fourth-order valence-corrected chi connectivity index (χ4v) is 2.83. The summed E-state index contributed by atoms with van der Waals surface area (Å²) in [5.74, 6) is 1.19. The normalized spacial score (nSPS) is 11.7. The summed E-state index contributed by atoms with van der Waals surface area (Å²) in [6.07, 6.45) is 0.998. The van der Waals surface area contributed by atoms with Crippen molar-refractivity contribution >= 4 is 22.9 Å². The van der Waals surface area contributed by atoms with Crippen LogP contribution in [0.1, 0.15) is 24.5 Å². The molecule has 1 heterocycles. The van der Waals surface area contributed by atoms with E-state index >= 15 is 0 Å². The van der Waals surface area contributed by atoms with Crippen LogP contribution in [0.15, 0.2) is 5.38 Å². The zero-order valence-corrected chi connectivity index (χ0v) is 13.1. The van der Waals surface area contributed by atoms with Crippen LogP contribution in [0.5, 0.6) is 0 Å². The van der Waals surface area contributed by atoms with Crippen molar-refractivity contribution in [1.29, 1.82) is 0 Å². The molecule has 0 fully saturated rings. The summed E-state index contributed by atoms with van der Waals surface area (Å²) in [6, 6.07) is 0. The van der Waals surface area contributed by atoms with E-state index in [4.69, 9.17) is 16.3 Å². The van der Waals surface area contributed by atoms with Gasteiger partial charge < -0.3 is 9.64 Å². The van der Waals surface area contributed by atoms with Crippen molar-refractivity contribution in [3.05, 3.63) is 16.1 Å². The number of thiazole rings is 1. The fraction of sp³-hybridized carbons (Fsp3) is 0.769. The number of ether oxygens (including phenoxy) is 1. The van der Waals surface area contributed by atoms with Gasteiger partial charge in [-0.15, -0.1) is 22.9 Å². The lowest BCUT2D eigenvalue weighted by Gasteiger charge is -2.23. The molecule has 0 spiro atoms. The summed E-state index contributed by atoms with van der Waals surface area (Å²) in [4.78, 5) is 6.93. The second-order valence-corrected chi connectivity index (χ2v) is 6.01. The molecule has 104 valence electrons. The van der Waals surface area contributed by atoms with Crippen molar-refractivity contribution < 1.29 is 4.74 Å². The molecule has 0 amide bonds. The lowest BCUT2D eigenvalue weighted by atomic mass is 10.2. The van der Waals surface area contributed by atoms with E-state index in [1.807, 2.05) is 5.38 Å². The van der Waals surface area contributed by atoms with Gasteiger partial charge in [0.15, 0.2) is 0 Å². The Morgan fingerprint density at radius 1 is 1.44 bits per heavy atom. The third-order valence-corrected chi connectivity index (χ3v) is 3.84. The van der Waals surface area contributed by atoms with E-state index in [1.54, 1.807) is 18.4 Å². The maximum absolute atomic E-state index is 5.76. The second kappa shape index (κ2) is 8.86. The predicted molar refractivity (Wildman–Crippen MR) is 78.5 cm³/mol. The van der Waals surface area contributed by atoms with E-state index in [1.165, 1.54) is 5.01 Å². The fourth-order valence-electron chi connectivity index (χ4n) is 1.81. The summed E-state index contributed by atoms with van der Waals surface area (Å²) < 4.78 is 5.16. The highest BCUT2D eigenvalue weighted by atomic mass is 35.5. The molecule has 0 aromatic carbocycles. The number of hydrogen-bond acceptors (Lipinski definition) is 4. The number of methoxy groups -OCH3 is 1. The molecular weight excluding hydrogens is 268 g/mol. The molecule has 1 rings (SSSR count).